The maximum atomic E-state index is 10.4. The molecule has 0 N–H and O–H groups in total. The molecule has 1 unspecified atom stereocenters. The zero-order valence-corrected chi connectivity index (χ0v) is 9.76. The highest BCUT2D eigenvalue weighted by Gasteiger charge is 2.07. The van der Waals surface area contributed by atoms with Crippen molar-refractivity contribution in [2.75, 3.05) is 0 Å². The molecule has 2 nitrogen and oxygen atoms in total. The second-order valence-electron chi connectivity index (χ2n) is 4.07. The molecular weight excluding hydrogens is 188 g/mol. The molecule has 1 atom stereocenters. The molecule has 0 aromatic heterocycles. The van der Waals surface area contributed by atoms with E-state index in [0.29, 0.717) is 0 Å². The Hall–Kier alpha value is -0.660. The van der Waals surface area contributed by atoms with Crippen LogP contribution in [-0.4, -0.2) is 12.6 Å². The van der Waals surface area contributed by atoms with E-state index in [0.717, 1.165) is 12.8 Å². The monoisotopic (exact) mass is 210 g/mol. The Bertz CT molecular complexity index is 155. The van der Waals surface area contributed by atoms with Crippen LogP contribution in [0.1, 0.15) is 64.7 Å². The van der Waals surface area contributed by atoms with Gasteiger partial charge in [0.15, 0.2) is 6.29 Å². The van der Waals surface area contributed by atoms with Crippen molar-refractivity contribution in [3.63, 3.8) is 0 Å². The summed E-state index contributed by atoms with van der Waals surface area (Å²) >= 11 is 0. The topological polar surface area (TPSA) is 34.1 Å². The summed E-state index contributed by atoms with van der Waals surface area (Å²) in [5.41, 5.74) is 0. The Kier molecular flexibility index (Phi) is 10.9. The van der Waals surface area contributed by atoms with Crippen LogP contribution >= 0.6 is 0 Å². The van der Waals surface area contributed by atoms with Crippen LogP contribution in [0.4, 0.5) is 0 Å². The van der Waals surface area contributed by atoms with E-state index in [4.69, 9.17) is 0 Å². The molecule has 0 aromatic carbocycles. The van der Waals surface area contributed by atoms with Gasteiger partial charge in [0.1, 0.15) is 0 Å². The fourth-order valence-electron chi connectivity index (χ4n) is 1.65. The predicted molar refractivity (Wildman–Crippen MR) is 62.1 cm³/mol. The third-order valence-electron chi connectivity index (χ3n) is 2.65. The Labute approximate surface area is 93.4 Å². The van der Waals surface area contributed by atoms with Crippen LogP contribution < -0.4 is 0 Å². The lowest BCUT2D eigenvalue weighted by Crippen LogP contribution is -2.02. The first kappa shape index (κ1) is 14.3. The molecule has 2 radical (unpaired) electrons. The summed E-state index contributed by atoms with van der Waals surface area (Å²) in [4.78, 5) is 20.5. The molecule has 0 aliphatic heterocycles. The van der Waals surface area contributed by atoms with Gasteiger partial charge in [-0.05, 0) is 6.42 Å². The van der Waals surface area contributed by atoms with E-state index < -0.39 is 0 Å². The lowest BCUT2D eigenvalue weighted by molar-refractivity contribution is 0.479. The smallest absolute Gasteiger partial charge is 0.202 e. The van der Waals surface area contributed by atoms with E-state index in [1.165, 1.54) is 38.5 Å². The van der Waals surface area contributed by atoms with Crippen molar-refractivity contribution in [3.8, 4) is 0 Å². The number of unbranched alkanes of at least 4 members (excludes halogenated alkanes) is 6. The first-order chi connectivity index (χ1) is 7.35. The van der Waals surface area contributed by atoms with Crippen molar-refractivity contribution in [1.29, 1.82) is 0 Å². The highest BCUT2D eigenvalue weighted by molar-refractivity contribution is 5.62. The third kappa shape index (κ3) is 9.64. The Morgan fingerprint density at radius 1 is 0.933 bits per heavy atom. The summed E-state index contributed by atoms with van der Waals surface area (Å²) in [5, 5.41) is 0. The molecule has 0 bridgehead atoms. The highest BCUT2D eigenvalue weighted by Crippen LogP contribution is 2.13. The van der Waals surface area contributed by atoms with Crippen molar-refractivity contribution < 1.29 is 9.59 Å². The van der Waals surface area contributed by atoms with Gasteiger partial charge in [-0.1, -0.05) is 51.9 Å². The maximum Gasteiger partial charge on any atom is 0.202 e. The fraction of sp³-hybridized carbons (Fsp3) is 0.846. The van der Waals surface area contributed by atoms with E-state index in [-0.39, 0.29) is 12.3 Å². The van der Waals surface area contributed by atoms with Gasteiger partial charge in [0.25, 0.3) is 0 Å². The normalized spacial score (nSPS) is 12.3. The SMILES string of the molecule is CCCCCCCCCC([C]=O)C[C]=O. The minimum Gasteiger partial charge on any atom is -0.291 e. The summed E-state index contributed by atoms with van der Waals surface area (Å²) in [5.74, 6) is -0.210. The molecule has 2 heteroatoms. The minimum absolute atomic E-state index is 0.210. The van der Waals surface area contributed by atoms with Crippen molar-refractivity contribution >= 4 is 12.6 Å². The van der Waals surface area contributed by atoms with Gasteiger partial charge in [-0.3, -0.25) is 9.59 Å². The number of hydrogen-bond acceptors (Lipinski definition) is 2. The zero-order chi connectivity index (χ0) is 11.4. The minimum atomic E-state index is -0.210. The molecule has 0 aliphatic carbocycles. The number of carbonyl (C=O) groups excluding carboxylic acids is 2. The van der Waals surface area contributed by atoms with E-state index in [2.05, 4.69) is 6.92 Å². The van der Waals surface area contributed by atoms with Crippen LogP contribution in [0.15, 0.2) is 0 Å². The molecule has 0 aliphatic rings. The lowest BCUT2D eigenvalue weighted by Gasteiger charge is -2.04. The molecule has 0 saturated heterocycles. The van der Waals surface area contributed by atoms with Crippen LogP contribution in [0.5, 0.6) is 0 Å². The predicted octanol–water partition coefficient (Wildman–Crippen LogP) is 3.35. The number of rotatable bonds is 11. The van der Waals surface area contributed by atoms with E-state index >= 15 is 0 Å². The van der Waals surface area contributed by atoms with Crippen LogP contribution in [0, 0.1) is 5.92 Å². The fourth-order valence-corrected chi connectivity index (χ4v) is 1.65. The van der Waals surface area contributed by atoms with Crippen molar-refractivity contribution in [2.24, 2.45) is 5.92 Å². The molecule has 0 rings (SSSR count). The summed E-state index contributed by atoms with van der Waals surface area (Å²) in [7, 11) is 0. The Morgan fingerprint density at radius 3 is 2.07 bits per heavy atom. The van der Waals surface area contributed by atoms with Crippen molar-refractivity contribution in [3.05, 3.63) is 0 Å². The van der Waals surface area contributed by atoms with E-state index in [1.807, 2.05) is 6.29 Å². The van der Waals surface area contributed by atoms with E-state index in [9.17, 15) is 9.59 Å². The maximum absolute atomic E-state index is 10.4. The van der Waals surface area contributed by atoms with E-state index in [1.54, 1.807) is 6.29 Å². The van der Waals surface area contributed by atoms with Crippen LogP contribution in [0.3, 0.4) is 0 Å². The van der Waals surface area contributed by atoms with Gasteiger partial charge in [0.2, 0.25) is 6.29 Å². The van der Waals surface area contributed by atoms with Gasteiger partial charge < -0.3 is 0 Å². The molecule has 0 spiro atoms. The van der Waals surface area contributed by atoms with Crippen LogP contribution in [0.2, 0.25) is 0 Å². The lowest BCUT2D eigenvalue weighted by atomic mass is 9.99. The molecule has 0 fully saturated rings. The average Bonchev–Trinajstić information content (AvgIpc) is 2.26. The van der Waals surface area contributed by atoms with Gasteiger partial charge in [0, 0.05) is 12.3 Å². The second-order valence-corrected chi connectivity index (χ2v) is 4.07. The van der Waals surface area contributed by atoms with Gasteiger partial charge in [-0.15, -0.1) is 0 Å². The van der Waals surface area contributed by atoms with Gasteiger partial charge in [-0.2, -0.15) is 0 Å². The largest absolute Gasteiger partial charge is 0.291 e. The van der Waals surface area contributed by atoms with Crippen LogP contribution in [0.25, 0.3) is 0 Å². The molecular formula is C13H22O2. The summed E-state index contributed by atoms with van der Waals surface area (Å²) in [6, 6.07) is 0. The first-order valence-electron chi connectivity index (χ1n) is 6.07. The molecule has 15 heavy (non-hydrogen) atoms. The molecule has 0 saturated carbocycles. The first-order valence-corrected chi connectivity index (χ1v) is 6.07. The highest BCUT2D eigenvalue weighted by atomic mass is 16.1. The second kappa shape index (κ2) is 11.4. The number of hydrogen-bond donors (Lipinski definition) is 0. The molecule has 0 amide bonds. The standard InChI is InChI=1S/C13H22O2/c1-2-3-4-5-6-7-8-9-13(12-15)10-11-14/h13H,2-10H2,1H3. The third-order valence-corrected chi connectivity index (χ3v) is 2.65. The average molecular weight is 210 g/mol. The Morgan fingerprint density at radius 2 is 1.53 bits per heavy atom. The zero-order valence-electron chi connectivity index (χ0n) is 9.76. The summed E-state index contributed by atoms with van der Waals surface area (Å²) in [6.45, 7) is 2.21. The summed E-state index contributed by atoms with van der Waals surface area (Å²) < 4.78 is 0. The Balaban J connectivity index is 3.21. The van der Waals surface area contributed by atoms with Gasteiger partial charge in [-0.25, -0.2) is 0 Å². The molecule has 86 valence electrons. The summed E-state index contributed by atoms with van der Waals surface area (Å²) in [6.07, 6.45) is 13.4. The quantitative estimate of drug-likeness (QED) is 0.490. The van der Waals surface area contributed by atoms with Crippen molar-refractivity contribution in [1.82, 2.24) is 0 Å². The van der Waals surface area contributed by atoms with Crippen LogP contribution in [-0.2, 0) is 9.59 Å². The molecule has 0 heterocycles. The van der Waals surface area contributed by atoms with Crippen molar-refractivity contribution in [2.45, 2.75) is 64.7 Å². The molecule has 0 aromatic rings. The van der Waals surface area contributed by atoms with Gasteiger partial charge >= 0.3 is 0 Å². The van der Waals surface area contributed by atoms with Gasteiger partial charge in [0.05, 0.1) is 0 Å².